The van der Waals surface area contributed by atoms with Crippen LogP contribution in [0.1, 0.15) is 16.2 Å². The third kappa shape index (κ3) is 2.49. The van der Waals surface area contributed by atoms with Gasteiger partial charge < -0.3 is 9.40 Å². The van der Waals surface area contributed by atoms with E-state index in [9.17, 15) is 19.7 Å². The number of aromatic amines is 1. The largest absolute Gasteiger partial charge is 0.461 e. The highest BCUT2D eigenvalue weighted by Crippen LogP contribution is 2.17. The van der Waals surface area contributed by atoms with Crippen LogP contribution in [-0.2, 0) is 6.42 Å². The lowest BCUT2D eigenvalue weighted by molar-refractivity contribution is -0.384. The Hall–Kier alpha value is -3.29. The molecule has 2 aromatic heterocycles. The number of nitro benzene ring substituents is 1. The summed E-state index contributed by atoms with van der Waals surface area (Å²) in [5.74, 6) is -0.228. The first-order valence-corrected chi connectivity index (χ1v) is 6.28. The number of nitrogens with one attached hydrogen (secondary N) is 1. The zero-order valence-corrected chi connectivity index (χ0v) is 11.1. The molecular weight excluding hydrogens is 290 g/mol. The van der Waals surface area contributed by atoms with E-state index < -0.39 is 10.5 Å². The molecule has 8 nitrogen and oxygen atoms in total. The first-order valence-electron chi connectivity index (χ1n) is 6.28. The summed E-state index contributed by atoms with van der Waals surface area (Å²) in [6.45, 7) is 0. The first kappa shape index (κ1) is 13.7. The van der Waals surface area contributed by atoms with Crippen molar-refractivity contribution < 1.29 is 14.1 Å². The van der Waals surface area contributed by atoms with Crippen LogP contribution in [0.3, 0.4) is 0 Å². The molecule has 0 aliphatic carbocycles. The van der Waals surface area contributed by atoms with E-state index in [4.69, 9.17) is 4.42 Å². The molecule has 0 unspecified atom stereocenters. The lowest BCUT2D eigenvalue weighted by atomic mass is 10.1. The maximum Gasteiger partial charge on any atom is 0.271 e. The van der Waals surface area contributed by atoms with Crippen LogP contribution in [-0.4, -0.2) is 20.7 Å². The molecule has 8 heteroatoms. The predicted molar refractivity (Wildman–Crippen MR) is 75.8 cm³/mol. The Morgan fingerprint density at radius 2 is 2.18 bits per heavy atom. The van der Waals surface area contributed by atoms with Crippen LogP contribution < -0.4 is 5.56 Å². The third-order valence-corrected chi connectivity index (χ3v) is 3.08. The summed E-state index contributed by atoms with van der Waals surface area (Å²) in [5, 5.41) is 10.7. The summed E-state index contributed by atoms with van der Waals surface area (Å²) >= 11 is 0. The number of non-ortho nitro benzene ring substituents is 1. The van der Waals surface area contributed by atoms with Gasteiger partial charge in [-0.25, -0.2) is 4.98 Å². The van der Waals surface area contributed by atoms with Crippen molar-refractivity contribution in [2.45, 2.75) is 6.42 Å². The smallest absolute Gasteiger partial charge is 0.271 e. The quantitative estimate of drug-likeness (QED) is 0.446. The Kier molecular flexibility index (Phi) is 3.26. The number of carbonyl (C=O) groups excluding carboxylic acids is 1. The second-order valence-electron chi connectivity index (χ2n) is 4.55. The molecule has 0 bridgehead atoms. The van der Waals surface area contributed by atoms with Crippen molar-refractivity contribution in [3.63, 3.8) is 0 Å². The van der Waals surface area contributed by atoms with E-state index in [0.717, 1.165) is 0 Å². The summed E-state index contributed by atoms with van der Waals surface area (Å²) in [6, 6.07) is 7.00. The molecule has 0 amide bonds. The summed E-state index contributed by atoms with van der Waals surface area (Å²) < 4.78 is 4.97. The summed E-state index contributed by atoms with van der Waals surface area (Å²) in [4.78, 5) is 40.6. The molecule has 0 saturated carbocycles. The van der Waals surface area contributed by atoms with Crippen molar-refractivity contribution in [1.82, 2.24) is 9.97 Å². The van der Waals surface area contributed by atoms with Crippen LogP contribution in [0, 0.1) is 10.1 Å². The number of Topliss-reactive ketones (excluding diaryl/α,β-unsaturated/α-hetero) is 1. The number of hydrogen-bond acceptors (Lipinski definition) is 6. The minimum absolute atomic E-state index is 0.0303. The highest BCUT2D eigenvalue weighted by atomic mass is 16.6. The van der Waals surface area contributed by atoms with E-state index in [1.165, 1.54) is 30.5 Å². The van der Waals surface area contributed by atoms with Gasteiger partial charge in [0.25, 0.3) is 11.2 Å². The number of fused-ring (bicyclic) bond motifs is 1. The van der Waals surface area contributed by atoms with Gasteiger partial charge in [0.15, 0.2) is 5.76 Å². The molecule has 0 fully saturated rings. The molecule has 0 aliphatic rings. The molecular formula is C14H9N3O5. The molecule has 3 rings (SSSR count). The Morgan fingerprint density at radius 1 is 1.36 bits per heavy atom. The number of furan rings is 1. The highest BCUT2D eigenvalue weighted by molar-refractivity contribution is 5.94. The van der Waals surface area contributed by atoms with E-state index in [1.54, 1.807) is 6.07 Å². The molecule has 3 aromatic rings. The number of nitro groups is 1. The van der Waals surface area contributed by atoms with Crippen LogP contribution >= 0.6 is 0 Å². The van der Waals surface area contributed by atoms with Crippen LogP contribution in [0.4, 0.5) is 5.69 Å². The molecule has 1 aromatic carbocycles. The third-order valence-electron chi connectivity index (χ3n) is 3.08. The lowest BCUT2D eigenvalue weighted by Crippen LogP contribution is -2.18. The zero-order valence-electron chi connectivity index (χ0n) is 11.1. The SMILES string of the molecule is O=C(Cc1nc2ccc([N+](=O)[O-])cc2[nH]c1=O)c1ccco1. The highest BCUT2D eigenvalue weighted by Gasteiger charge is 2.15. The fourth-order valence-electron chi connectivity index (χ4n) is 2.02. The van der Waals surface area contributed by atoms with Crippen LogP contribution in [0.25, 0.3) is 11.0 Å². The molecule has 22 heavy (non-hydrogen) atoms. The Morgan fingerprint density at radius 3 is 2.86 bits per heavy atom. The van der Waals surface area contributed by atoms with Crippen molar-refractivity contribution >= 4 is 22.5 Å². The van der Waals surface area contributed by atoms with Crippen molar-refractivity contribution in [3.05, 3.63) is 68.5 Å². The van der Waals surface area contributed by atoms with Crippen LogP contribution in [0.15, 0.2) is 45.8 Å². The number of ketones is 1. The van der Waals surface area contributed by atoms with E-state index >= 15 is 0 Å². The van der Waals surface area contributed by atoms with Gasteiger partial charge in [-0.3, -0.25) is 19.7 Å². The van der Waals surface area contributed by atoms with Crippen molar-refractivity contribution in [2.75, 3.05) is 0 Å². The Labute approximate surface area is 122 Å². The second kappa shape index (κ2) is 5.24. The molecule has 0 spiro atoms. The van der Waals surface area contributed by atoms with E-state index in [0.29, 0.717) is 5.52 Å². The molecule has 0 saturated heterocycles. The van der Waals surface area contributed by atoms with E-state index in [-0.39, 0.29) is 34.9 Å². The molecule has 2 heterocycles. The van der Waals surface area contributed by atoms with Gasteiger partial charge in [0.05, 0.1) is 28.6 Å². The monoisotopic (exact) mass is 299 g/mol. The van der Waals surface area contributed by atoms with Crippen LogP contribution in [0.5, 0.6) is 0 Å². The standard InChI is InChI=1S/C14H9N3O5/c18-12(13-2-1-5-22-13)7-11-14(19)16-10-6-8(17(20)21)3-4-9(10)15-11/h1-6H,7H2,(H,16,19). The normalized spacial score (nSPS) is 10.7. The van der Waals surface area contributed by atoms with E-state index in [1.807, 2.05) is 0 Å². The predicted octanol–water partition coefficient (Wildman–Crippen LogP) is 1.85. The Balaban J connectivity index is 1.99. The van der Waals surface area contributed by atoms with Gasteiger partial charge in [0.2, 0.25) is 5.78 Å². The number of benzene rings is 1. The van der Waals surface area contributed by atoms with Crippen molar-refractivity contribution in [1.29, 1.82) is 0 Å². The van der Waals surface area contributed by atoms with Gasteiger partial charge in [-0.05, 0) is 18.2 Å². The minimum atomic E-state index is -0.563. The van der Waals surface area contributed by atoms with Gasteiger partial charge in [-0.1, -0.05) is 0 Å². The fraction of sp³-hybridized carbons (Fsp3) is 0.0714. The average molecular weight is 299 g/mol. The first-order chi connectivity index (χ1) is 10.5. The van der Waals surface area contributed by atoms with Gasteiger partial charge >= 0.3 is 0 Å². The number of hydrogen-bond donors (Lipinski definition) is 1. The summed E-state index contributed by atoms with van der Waals surface area (Å²) in [5.41, 5.74) is -0.0686. The van der Waals surface area contributed by atoms with Gasteiger partial charge in [0.1, 0.15) is 5.69 Å². The van der Waals surface area contributed by atoms with E-state index in [2.05, 4.69) is 9.97 Å². The summed E-state index contributed by atoms with van der Waals surface area (Å²) in [6.07, 6.45) is 1.15. The summed E-state index contributed by atoms with van der Waals surface area (Å²) in [7, 11) is 0. The molecule has 0 aliphatic heterocycles. The number of carbonyl (C=O) groups is 1. The van der Waals surface area contributed by atoms with Gasteiger partial charge in [0, 0.05) is 12.1 Å². The van der Waals surface area contributed by atoms with Crippen LogP contribution in [0.2, 0.25) is 0 Å². The van der Waals surface area contributed by atoms with Gasteiger partial charge in [-0.2, -0.15) is 0 Å². The lowest BCUT2D eigenvalue weighted by Gasteiger charge is -2.01. The number of rotatable bonds is 4. The molecule has 0 radical (unpaired) electrons. The maximum absolute atomic E-state index is 11.9. The second-order valence-corrected chi connectivity index (χ2v) is 4.55. The molecule has 1 N–H and O–H groups in total. The van der Waals surface area contributed by atoms with Crippen molar-refractivity contribution in [3.8, 4) is 0 Å². The topological polar surface area (TPSA) is 119 Å². The number of H-pyrrole nitrogens is 1. The van der Waals surface area contributed by atoms with Gasteiger partial charge in [-0.15, -0.1) is 0 Å². The maximum atomic E-state index is 11.9. The Bertz CT molecular complexity index is 927. The average Bonchev–Trinajstić information content (AvgIpc) is 3.01. The molecule has 110 valence electrons. The van der Waals surface area contributed by atoms with Crippen molar-refractivity contribution in [2.24, 2.45) is 0 Å². The zero-order chi connectivity index (χ0) is 15.7. The minimum Gasteiger partial charge on any atom is -0.461 e. The number of aromatic nitrogens is 2. The fourth-order valence-corrected chi connectivity index (χ4v) is 2.02. The number of nitrogens with zero attached hydrogens (tertiary/aromatic N) is 2. The molecule has 0 atom stereocenters.